The van der Waals surface area contributed by atoms with E-state index in [0.717, 1.165) is 47.1 Å². The van der Waals surface area contributed by atoms with E-state index in [2.05, 4.69) is 29.1 Å². The number of nitrogens with one attached hydrogen (secondary N) is 2. The van der Waals surface area contributed by atoms with Gasteiger partial charge in [0.2, 0.25) is 0 Å². The number of ketones is 5. The summed E-state index contributed by atoms with van der Waals surface area (Å²) in [7, 11) is 0. The molecule has 4 heterocycles. The Morgan fingerprint density at radius 1 is 0.818 bits per heavy atom. The molecule has 0 fully saturated rings. The van der Waals surface area contributed by atoms with E-state index in [1.807, 2.05) is 58.2 Å². The summed E-state index contributed by atoms with van der Waals surface area (Å²) in [4.78, 5) is 79.7. The molecule has 296 valence electrons. The van der Waals surface area contributed by atoms with Crippen LogP contribution in [0.2, 0.25) is 0 Å². The number of urea groups is 1. The van der Waals surface area contributed by atoms with Gasteiger partial charge in [0.15, 0.2) is 36.2 Å². The maximum absolute atomic E-state index is 13.0. The van der Waals surface area contributed by atoms with Crippen LogP contribution >= 0.6 is 12.0 Å². The van der Waals surface area contributed by atoms with Crippen LogP contribution in [0.25, 0.3) is 0 Å². The van der Waals surface area contributed by atoms with Crippen molar-refractivity contribution in [1.82, 2.24) is 19.8 Å². The molecule has 16 nitrogen and oxygen atoms in total. The molecule has 55 heavy (non-hydrogen) atoms. The fourth-order valence-corrected chi connectivity index (χ4v) is 8.14. The summed E-state index contributed by atoms with van der Waals surface area (Å²) in [5.41, 5.74) is 1.06. The van der Waals surface area contributed by atoms with Crippen LogP contribution in [0.1, 0.15) is 96.1 Å². The Morgan fingerprint density at radius 2 is 1.38 bits per heavy atom. The molecule has 0 bridgehead atoms. The number of hydrogen-bond acceptors (Lipinski definition) is 10. The summed E-state index contributed by atoms with van der Waals surface area (Å²) in [5.74, 6) is 6.67. The highest BCUT2D eigenvalue weighted by molar-refractivity contribution is 7.94. The number of amides is 2. The maximum Gasteiger partial charge on any atom is 0.380 e. The molecular weight excluding hydrogens is 729 g/mol. The molecule has 0 radical (unpaired) electrons. The van der Waals surface area contributed by atoms with Gasteiger partial charge in [-0.3, -0.25) is 24.0 Å². The van der Waals surface area contributed by atoms with Crippen LogP contribution in [0.5, 0.6) is 0 Å². The molecule has 4 N–H and O–H groups in total. The number of aromatic nitrogens is 4. The first-order valence-electron chi connectivity index (χ1n) is 18.7. The predicted molar refractivity (Wildman–Crippen MR) is 198 cm³/mol. The van der Waals surface area contributed by atoms with E-state index < -0.39 is 18.1 Å². The van der Waals surface area contributed by atoms with Crippen LogP contribution in [-0.4, -0.2) is 67.2 Å². The van der Waals surface area contributed by atoms with E-state index in [-0.39, 0.29) is 48.0 Å². The second-order valence-corrected chi connectivity index (χ2v) is 15.5. The van der Waals surface area contributed by atoms with Crippen molar-refractivity contribution in [3.05, 3.63) is 66.3 Å². The number of carbonyl (C=O) groups is 6. The lowest BCUT2D eigenvalue weighted by molar-refractivity contribution is -0.982. The quantitative estimate of drug-likeness (QED) is 0.0322. The number of aryl methyl sites for hydroxylation is 1. The smallest absolute Gasteiger partial charge is 0.328 e. The molecule has 3 aromatic rings. The summed E-state index contributed by atoms with van der Waals surface area (Å²) in [6.07, 6.45) is 11.7. The molecule has 0 saturated carbocycles. The van der Waals surface area contributed by atoms with Crippen LogP contribution in [0.4, 0.5) is 4.79 Å². The van der Waals surface area contributed by atoms with Crippen molar-refractivity contribution in [2.45, 2.75) is 129 Å². The minimum Gasteiger partial charge on any atom is -0.328 e. The molecule has 0 unspecified atom stereocenters. The third-order valence-corrected chi connectivity index (χ3v) is 11.0. The normalized spacial score (nSPS) is 17.9. The van der Waals surface area contributed by atoms with Gasteiger partial charge in [-0.2, -0.15) is 5.90 Å². The number of nitrogens with zero attached hydrogens (tertiary/aromatic N) is 5. The summed E-state index contributed by atoms with van der Waals surface area (Å²) in [6.45, 7) is 8.75. The highest BCUT2D eigenvalue weighted by atomic mass is 32.2. The monoisotopic (exact) mass is 781 g/mol. The molecule has 2 amide bonds. The van der Waals surface area contributed by atoms with Crippen molar-refractivity contribution in [1.29, 1.82) is 0 Å². The second-order valence-electron chi connectivity index (χ2n) is 14.8. The van der Waals surface area contributed by atoms with Crippen LogP contribution in [0.15, 0.2) is 53.9 Å². The fraction of sp³-hybridized carbons (Fsp3) is 0.526. The highest BCUT2D eigenvalue weighted by Crippen LogP contribution is 2.42. The number of fused-ring (bicyclic) bond motifs is 5. The number of imidazole rings is 2. The van der Waals surface area contributed by atoms with Crippen molar-refractivity contribution >= 4 is 47.0 Å². The van der Waals surface area contributed by atoms with Crippen LogP contribution in [0.3, 0.4) is 0 Å². The minimum atomic E-state index is -0.855. The van der Waals surface area contributed by atoms with Gasteiger partial charge in [0.05, 0.1) is 30.7 Å². The van der Waals surface area contributed by atoms with Crippen molar-refractivity contribution < 1.29 is 51.7 Å². The first kappa shape index (κ1) is 41.6. The van der Waals surface area contributed by atoms with Gasteiger partial charge in [0.25, 0.3) is 0 Å². The van der Waals surface area contributed by atoms with Gasteiger partial charge in [-0.15, -0.1) is 18.5 Å². The van der Waals surface area contributed by atoms with E-state index in [1.165, 1.54) is 13.8 Å². The second kappa shape index (κ2) is 18.9. The number of rotatable bonds is 23. The summed E-state index contributed by atoms with van der Waals surface area (Å²) < 4.78 is 13.8. The Bertz CT molecular complexity index is 1830. The molecule has 17 heteroatoms. The Kier molecular flexibility index (Phi) is 14.3. The number of Topliss-reactive ketones (excluding diaryl/α,β-unsaturated/α-hetero) is 5. The summed E-state index contributed by atoms with van der Waals surface area (Å²) >= 11 is 0.991. The zero-order chi connectivity index (χ0) is 39.7. The van der Waals surface area contributed by atoms with Gasteiger partial charge < -0.3 is 10.6 Å². The Labute approximate surface area is 325 Å². The third kappa shape index (κ3) is 10.6. The molecule has 0 spiro atoms. The topological polar surface area (TPSA) is 189 Å². The summed E-state index contributed by atoms with van der Waals surface area (Å²) in [6, 6.07) is 5.38. The van der Waals surface area contributed by atoms with Crippen LogP contribution in [-0.2, 0) is 65.9 Å². The number of quaternary nitrogens is 1. The van der Waals surface area contributed by atoms with Gasteiger partial charge in [0, 0.05) is 17.7 Å². The largest absolute Gasteiger partial charge is 0.380 e. The van der Waals surface area contributed by atoms with Crippen molar-refractivity contribution in [2.75, 3.05) is 6.54 Å². The predicted octanol–water partition coefficient (Wildman–Crippen LogP) is 2.48. The zero-order valence-corrected chi connectivity index (χ0v) is 32.8. The number of nitrogens with two attached hydrogens (primary N) is 1. The lowest BCUT2D eigenvalue weighted by Crippen LogP contribution is -2.50. The average molecular weight is 782 g/mol. The molecular formula is C38H53N8O8S+3. The minimum absolute atomic E-state index is 0.00296. The van der Waals surface area contributed by atoms with Crippen molar-refractivity contribution in [2.24, 2.45) is 5.90 Å². The molecule has 0 saturated heterocycles. The molecule has 0 aliphatic carbocycles. The Hall–Kier alpha value is -4.55. The third-order valence-electron chi connectivity index (χ3n) is 10.4. The number of hydrogen-bond donors (Lipinski definition) is 3. The van der Waals surface area contributed by atoms with Crippen LogP contribution < -0.4 is 25.7 Å². The van der Waals surface area contributed by atoms with Crippen molar-refractivity contribution in [3.8, 4) is 0 Å². The van der Waals surface area contributed by atoms with E-state index in [0.29, 0.717) is 62.8 Å². The number of unbranched alkanes of at least 4 members (excludes halogenated alkanes) is 1. The zero-order valence-electron chi connectivity index (χ0n) is 32.0. The first-order chi connectivity index (χ1) is 26.3. The lowest BCUT2D eigenvalue weighted by Gasteiger charge is -2.28. The standard InChI is InChI=1S/C38H52N8O8S/c1-26(47)22-42-17-19-44-35(42)24-46(25-36-43(23-27(2)48)18-20-45(36)38(44)46)21-6-5-10-33(28(3)49)40-37(52)41-34(29(4)50)16-13-31(51)9-7-8-30-11-14-32(15-12-30)55-54-53-39/h11-12,14-15,17-20,33-34,38H,5-10,13,16,21-25,39H2,1-4H3,(H-,40,41,52)/q+2/p+1/t33-,34-,38?,46?/m0/s1. The van der Waals surface area contributed by atoms with Gasteiger partial charge in [-0.05, 0) is 83.9 Å². The van der Waals surface area contributed by atoms with Gasteiger partial charge in [0.1, 0.15) is 43.7 Å². The molecule has 2 aromatic heterocycles. The highest BCUT2D eigenvalue weighted by Gasteiger charge is 2.62. The molecule has 5 rings (SSSR count). The van der Waals surface area contributed by atoms with E-state index >= 15 is 0 Å². The lowest BCUT2D eigenvalue weighted by atomic mass is 10.0. The molecule has 2 aliphatic rings. The average Bonchev–Trinajstić information content (AvgIpc) is 3.85. The Morgan fingerprint density at radius 3 is 1.91 bits per heavy atom. The van der Waals surface area contributed by atoms with Gasteiger partial charge in [-0.25, -0.2) is 18.4 Å². The maximum atomic E-state index is 13.0. The van der Waals surface area contributed by atoms with E-state index in [4.69, 9.17) is 5.90 Å². The van der Waals surface area contributed by atoms with E-state index in [9.17, 15) is 28.8 Å². The molecule has 2 aliphatic heterocycles. The number of carbonyl (C=O) groups excluding carboxylic acids is 6. The van der Waals surface area contributed by atoms with Crippen molar-refractivity contribution in [3.63, 3.8) is 0 Å². The fourth-order valence-electron chi connectivity index (χ4n) is 7.77. The van der Waals surface area contributed by atoms with Crippen LogP contribution in [0, 0.1) is 0 Å². The number of benzene rings is 1. The first-order valence-corrected chi connectivity index (χ1v) is 19.5. The van der Waals surface area contributed by atoms with Gasteiger partial charge in [-0.1, -0.05) is 12.1 Å². The Balaban J connectivity index is 1.10. The molecule has 1 aromatic carbocycles. The molecule has 2 atom stereocenters. The SMILES string of the molecule is CC(=O)C[n+]1ccn2c1C[N+]1(CCCC[C@H](NC(=O)N[C@@H](CCC(=O)CCCc3ccc(SOON)cc3)C(C)=O)C(C)=O)Cc3n(cc[n+]3CC(C)=O)C21. The van der Waals surface area contributed by atoms with E-state index in [1.54, 1.807) is 13.8 Å². The van der Waals surface area contributed by atoms with Gasteiger partial charge >= 0.3 is 24.0 Å². The summed E-state index contributed by atoms with van der Waals surface area (Å²) in [5, 5.41) is 5.44.